The predicted octanol–water partition coefficient (Wildman–Crippen LogP) is 2.87. The summed E-state index contributed by atoms with van der Waals surface area (Å²) in [7, 11) is 0. The lowest BCUT2D eigenvalue weighted by molar-refractivity contribution is 0.0330. The smallest absolute Gasteiger partial charge is 0.251 e. The van der Waals surface area contributed by atoms with Crippen LogP contribution >= 0.6 is 0 Å². The number of amides is 1. The average molecular weight is 287 g/mol. The summed E-state index contributed by atoms with van der Waals surface area (Å²) in [6.45, 7) is 3.82. The first kappa shape index (κ1) is 15.3. The summed E-state index contributed by atoms with van der Waals surface area (Å²) in [4.78, 5) is 12.1. The van der Waals surface area contributed by atoms with Crippen LogP contribution in [-0.2, 0) is 12.0 Å². The second kappa shape index (κ2) is 6.59. The van der Waals surface area contributed by atoms with Crippen molar-refractivity contribution in [3.63, 3.8) is 0 Å². The molecule has 0 aliphatic rings. The minimum Gasteiger partial charge on any atom is -0.466 e. The largest absolute Gasteiger partial charge is 0.466 e. The van der Waals surface area contributed by atoms with Crippen LogP contribution in [0.4, 0.5) is 0 Å². The van der Waals surface area contributed by atoms with E-state index in [1.807, 2.05) is 24.3 Å². The Morgan fingerprint density at radius 3 is 2.57 bits per heavy atom. The zero-order valence-electron chi connectivity index (χ0n) is 12.4. The number of aliphatic hydroxyl groups is 1. The van der Waals surface area contributed by atoms with E-state index >= 15 is 0 Å². The molecule has 0 aliphatic heterocycles. The van der Waals surface area contributed by atoms with E-state index in [1.165, 1.54) is 11.8 Å². The second-order valence-corrected chi connectivity index (χ2v) is 5.38. The molecule has 0 aliphatic carbocycles. The number of aryl methyl sites for hydroxylation is 1. The highest BCUT2D eigenvalue weighted by Gasteiger charge is 2.26. The van der Waals surface area contributed by atoms with Crippen LogP contribution < -0.4 is 5.32 Å². The molecule has 2 aromatic rings. The van der Waals surface area contributed by atoms with Crippen molar-refractivity contribution in [3.05, 3.63) is 59.5 Å². The Morgan fingerprint density at radius 1 is 1.29 bits per heavy atom. The van der Waals surface area contributed by atoms with Crippen LogP contribution in [0.3, 0.4) is 0 Å². The Balaban J connectivity index is 1.95. The number of carbonyl (C=O) groups excluding carboxylic acids is 1. The maximum Gasteiger partial charge on any atom is 0.251 e. The van der Waals surface area contributed by atoms with E-state index in [0.717, 1.165) is 12.8 Å². The minimum absolute atomic E-state index is 0.0933. The van der Waals surface area contributed by atoms with E-state index in [1.54, 1.807) is 19.1 Å². The van der Waals surface area contributed by atoms with E-state index in [9.17, 15) is 9.90 Å². The minimum atomic E-state index is -1.22. The van der Waals surface area contributed by atoms with Crippen LogP contribution in [0, 0.1) is 0 Å². The van der Waals surface area contributed by atoms with Gasteiger partial charge in [-0.05, 0) is 43.2 Å². The van der Waals surface area contributed by atoms with Crippen molar-refractivity contribution in [2.75, 3.05) is 6.54 Å². The third-order valence-corrected chi connectivity index (χ3v) is 3.40. The summed E-state index contributed by atoms with van der Waals surface area (Å²) in [6, 6.07) is 10.9. The summed E-state index contributed by atoms with van der Waals surface area (Å²) in [5, 5.41) is 13.0. The third kappa shape index (κ3) is 3.95. The molecule has 2 rings (SSSR count). The number of nitrogens with one attached hydrogen (secondary N) is 1. The van der Waals surface area contributed by atoms with Gasteiger partial charge in [-0.3, -0.25) is 4.79 Å². The standard InChI is InChI=1S/C17H21NO3/c1-3-5-13-7-9-14(10-8-13)16(19)18-12-17(2,20)15-6-4-11-21-15/h4,6-11,20H,3,5,12H2,1-2H3,(H,18,19)/t17-/m1/s1. The molecule has 1 amide bonds. The van der Waals surface area contributed by atoms with Gasteiger partial charge in [0.2, 0.25) is 0 Å². The average Bonchev–Trinajstić information content (AvgIpc) is 3.01. The monoisotopic (exact) mass is 287 g/mol. The molecule has 4 nitrogen and oxygen atoms in total. The predicted molar refractivity (Wildman–Crippen MR) is 81.0 cm³/mol. The topological polar surface area (TPSA) is 62.5 Å². The molecule has 4 heteroatoms. The molecular formula is C17H21NO3. The van der Waals surface area contributed by atoms with Crippen molar-refractivity contribution < 1.29 is 14.3 Å². The van der Waals surface area contributed by atoms with Crippen molar-refractivity contribution in [1.82, 2.24) is 5.32 Å². The number of rotatable bonds is 6. The van der Waals surface area contributed by atoms with Crippen LogP contribution in [0.25, 0.3) is 0 Å². The Hall–Kier alpha value is -2.07. The van der Waals surface area contributed by atoms with Gasteiger partial charge in [-0.2, -0.15) is 0 Å². The summed E-state index contributed by atoms with van der Waals surface area (Å²) in [5.41, 5.74) is 0.586. The first-order valence-electron chi connectivity index (χ1n) is 7.16. The van der Waals surface area contributed by atoms with Gasteiger partial charge in [0.15, 0.2) is 0 Å². The Kier molecular flexibility index (Phi) is 4.81. The number of benzene rings is 1. The van der Waals surface area contributed by atoms with Crippen LogP contribution in [0.1, 0.15) is 41.9 Å². The second-order valence-electron chi connectivity index (χ2n) is 5.38. The third-order valence-electron chi connectivity index (χ3n) is 3.40. The Labute approximate surface area is 124 Å². The highest BCUT2D eigenvalue weighted by molar-refractivity contribution is 5.94. The fraction of sp³-hybridized carbons (Fsp3) is 0.353. The highest BCUT2D eigenvalue weighted by Crippen LogP contribution is 2.20. The lowest BCUT2D eigenvalue weighted by atomic mass is 10.0. The van der Waals surface area contributed by atoms with Crippen molar-refractivity contribution in [3.8, 4) is 0 Å². The number of hydrogen-bond donors (Lipinski definition) is 2. The molecule has 0 fully saturated rings. The fourth-order valence-electron chi connectivity index (χ4n) is 2.14. The van der Waals surface area contributed by atoms with Gasteiger partial charge in [-0.15, -0.1) is 0 Å². The van der Waals surface area contributed by atoms with Gasteiger partial charge in [-0.25, -0.2) is 0 Å². The molecular weight excluding hydrogens is 266 g/mol. The lowest BCUT2D eigenvalue weighted by Crippen LogP contribution is -2.38. The molecule has 0 saturated carbocycles. The summed E-state index contributed by atoms with van der Waals surface area (Å²) < 4.78 is 5.18. The fourth-order valence-corrected chi connectivity index (χ4v) is 2.14. The zero-order chi connectivity index (χ0) is 15.3. The molecule has 1 heterocycles. The van der Waals surface area contributed by atoms with Crippen molar-refractivity contribution in [2.45, 2.75) is 32.3 Å². The summed E-state index contributed by atoms with van der Waals surface area (Å²) in [5.74, 6) is 0.228. The van der Waals surface area contributed by atoms with Gasteiger partial charge in [0, 0.05) is 5.56 Å². The first-order chi connectivity index (χ1) is 10.0. The first-order valence-corrected chi connectivity index (χ1v) is 7.16. The SMILES string of the molecule is CCCc1ccc(C(=O)NC[C@@](C)(O)c2ccco2)cc1. The van der Waals surface area contributed by atoms with Gasteiger partial charge >= 0.3 is 0 Å². The van der Waals surface area contributed by atoms with E-state index in [-0.39, 0.29) is 12.5 Å². The molecule has 0 saturated heterocycles. The maximum atomic E-state index is 12.1. The molecule has 0 radical (unpaired) electrons. The van der Waals surface area contributed by atoms with Crippen LogP contribution in [0.15, 0.2) is 47.1 Å². The van der Waals surface area contributed by atoms with Gasteiger partial charge < -0.3 is 14.8 Å². The van der Waals surface area contributed by atoms with E-state index < -0.39 is 5.60 Å². The molecule has 1 aromatic carbocycles. The molecule has 112 valence electrons. The highest BCUT2D eigenvalue weighted by atomic mass is 16.4. The van der Waals surface area contributed by atoms with Crippen LogP contribution in [-0.4, -0.2) is 17.6 Å². The molecule has 21 heavy (non-hydrogen) atoms. The quantitative estimate of drug-likeness (QED) is 0.858. The van der Waals surface area contributed by atoms with Gasteiger partial charge in [0.25, 0.3) is 5.91 Å². The van der Waals surface area contributed by atoms with Crippen molar-refractivity contribution in [2.24, 2.45) is 0 Å². The van der Waals surface area contributed by atoms with Crippen molar-refractivity contribution in [1.29, 1.82) is 0 Å². The maximum absolute atomic E-state index is 12.1. The Morgan fingerprint density at radius 2 is 2.00 bits per heavy atom. The number of carbonyl (C=O) groups is 1. The zero-order valence-corrected chi connectivity index (χ0v) is 12.4. The molecule has 0 spiro atoms. The summed E-state index contributed by atoms with van der Waals surface area (Å²) in [6.07, 6.45) is 3.59. The van der Waals surface area contributed by atoms with E-state index in [4.69, 9.17) is 4.42 Å². The lowest BCUT2D eigenvalue weighted by Gasteiger charge is -2.21. The normalized spacial score (nSPS) is 13.7. The van der Waals surface area contributed by atoms with Crippen LogP contribution in [0.2, 0.25) is 0 Å². The van der Waals surface area contributed by atoms with Gasteiger partial charge in [0.05, 0.1) is 12.8 Å². The van der Waals surface area contributed by atoms with E-state index in [2.05, 4.69) is 12.2 Å². The van der Waals surface area contributed by atoms with Crippen molar-refractivity contribution >= 4 is 5.91 Å². The van der Waals surface area contributed by atoms with E-state index in [0.29, 0.717) is 11.3 Å². The van der Waals surface area contributed by atoms with Gasteiger partial charge in [0.1, 0.15) is 11.4 Å². The van der Waals surface area contributed by atoms with Gasteiger partial charge in [-0.1, -0.05) is 25.5 Å². The molecule has 0 bridgehead atoms. The van der Waals surface area contributed by atoms with Crippen LogP contribution in [0.5, 0.6) is 0 Å². The molecule has 0 unspecified atom stereocenters. The number of furan rings is 1. The summed E-state index contributed by atoms with van der Waals surface area (Å²) >= 11 is 0. The molecule has 1 aromatic heterocycles. The molecule has 1 atom stereocenters. The molecule has 2 N–H and O–H groups in total. The number of hydrogen-bond acceptors (Lipinski definition) is 3. The Bertz CT molecular complexity index is 571.